The molecule has 0 saturated carbocycles. The number of nitrogens with two attached hydrogens (primary N) is 1. The number of hydrogen-bond acceptors (Lipinski definition) is 1. The van der Waals surface area contributed by atoms with Gasteiger partial charge in [0.2, 0.25) is 0 Å². The Bertz CT molecular complexity index is 618. The van der Waals surface area contributed by atoms with Crippen molar-refractivity contribution in [3.05, 3.63) is 65.5 Å². The van der Waals surface area contributed by atoms with Gasteiger partial charge in [0.15, 0.2) is 5.96 Å². The van der Waals surface area contributed by atoms with Gasteiger partial charge < -0.3 is 11.1 Å². The molecular formula is C17H20FN3. The number of anilines is 1. The molecule has 2 rings (SSSR count). The van der Waals surface area contributed by atoms with Gasteiger partial charge in [-0.3, -0.25) is 0 Å². The largest absolute Gasteiger partial charge is 0.370 e. The van der Waals surface area contributed by atoms with Crippen molar-refractivity contribution >= 4 is 11.6 Å². The van der Waals surface area contributed by atoms with Crippen LogP contribution in [0.1, 0.15) is 30.9 Å². The summed E-state index contributed by atoms with van der Waals surface area (Å²) in [6.45, 7) is 4.71. The molecule has 0 aliphatic carbocycles. The van der Waals surface area contributed by atoms with Crippen molar-refractivity contribution in [3.63, 3.8) is 0 Å². The van der Waals surface area contributed by atoms with E-state index >= 15 is 0 Å². The second kappa shape index (κ2) is 6.88. The zero-order chi connectivity index (χ0) is 15.2. The number of hydrogen-bond donors (Lipinski definition) is 2. The van der Waals surface area contributed by atoms with Crippen LogP contribution in [0.25, 0.3) is 0 Å². The maximum atomic E-state index is 12.8. The van der Waals surface area contributed by atoms with Gasteiger partial charge in [-0.25, -0.2) is 9.38 Å². The zero-order valence-electron chi connectivity index (χ0n) is 12.3. The van der Waals surface area contributed by atoms with Crippen LogP contribution in [-0.2, 0) is 6.54 Å². The minimum absolute atomic E-state index is 0.251. The molecule has 3 nitrogen and oxygen atoms in total. The van der Waals surface area contributed by atoms with Crippen molar-refractivity contribution in [2.75, 3.05) is 5.32 Å². The van der Waals surface area contributed by atoms with E-state index < -0.39 is 0 Å². The SMILES string of the molecule is CC(C)c1cccc(NC(N)=NCc2ccc(F)cc2)c1. The number of benzene rings is 2. The molecule has 0 unspecified atom stereocenters. The number of guanidine groups is 1. The van der Waals surface area contributed by atoms with Gasteiger partial charge >= 0.3 is 0 Å². The van der Waals surface area contributed by atoms with Gasteiger partial charge in [-0.2, -0.15) is 0 Å². The molecule has 0 fully saturated rings. The van der Waals surface area contributed by atoms with Gasteiger partial charge in [0, 0.05) is 5.69 Å². The molecular weight excluding hydrogens is 265 g/mol. The number of aliphatic imine (C=N–C) groups is 1. The molecule has 0 heterocycles. The monoisotopic (exact) mass is 285 g/mol. The first-order chi connectivity index (χ1) is 10.0. The third-order valence-corrected chi connectivity index (χ3v) is 3.17. The van der Waals surface area contributed by atoms with E-state index in [9.17, 15) is 4.39 Å². The fourth-order valence-corrected chi connectivity index (χ4v) is 1.93. The summed E-state index contributed by atoms with van der Waals surface area (Å²) in [6, 6.07) is 14.3. The average Bonchev–Trinajstić information content (AvgIpc) is 2.47. The quantitative estimate of drug-likeness (QED) is 0.661. The highest BCUT2D eigenvalue weighted by Gasteiger charge is 2.01. The first-order valence-corrected chi connectivity index (χ1v) is 6.96. The molecule has 2 aromatic carbocycles. The number of nitrogens with zero attached hydrogens (tertiary/aromatic N) is 1. The Morgan fingerprint density at radius 1 is 1.19 bits per heavy atom. The molecule has 2 aromatic rings. The molecule has 0 radical (unpaired) electrons. The third kappa shape index (κ3) is 4.60. The van der Waals surface area contributed by atoms with E-state index in [-0.39, 0.29) is 5.82 Å². The Labute approximate surface area is 124 Å². The molecule has 0 spiro atoms. The first-order valence-electron chi connectivity index (χ1n) is 6.96. The topological polar surface area (TPSA) is 50.4 Å². The predicted molar refractivity (Wildman–Crippen MR) is 85.9 cm³/mol. The fraction of sp³-hybridized carbons (Fsp3) is 0.235. The second-order valence-electron chi connectivity index (χ2n) is 5.23. The summed E-state index contributed by atoms with van der Waals surface area (Å²) in [4.78, 5) is 4.25. The van der Waals surface area contributed by atoms with E-state index in [0.29, 0.717) is 18.4 Å². The van der Waals surface area contributed by atoms with Crippen molar-refractivity contribution in [1.29, 1.82) is 0 Å². The summed E-state index contributed by atoms with van der Waals surface area (Å²) in [5, 5.41) is 3.07. The van der Waals surface area contributed by atoms with Crippen molar-refractivity contribution in [2.45, 2.75) is 26.3 Å². The molecule has 0 amide bonds. The average molecular weight is 285 g/mol. The normalized spacial score (nSPS) is 11.7. The predicted octanol–water partition coefficient (Wildman–Crippen LogP) is 3.88. The molecule has 4 heteroatoms. The van der Waals surface area contributed by atoms with E-state index in [2.05, 4.69) is 36.3 Å². The van der Waals surface area contributed by atoms with Crippen molar-refractivity contribution in [3.8, 4) is 0 Å². The Morgan fingerprint density at radius 3 is 2.57 bits per heavy atom. The van der Waals surface area contributed by atoms with Crippen molar-refractivity contribution in [1.82, 2.24) is 0 Å². The highest BCUT2D eigenvalue weighted by molar-refractivity contribution is 5.92. The lowest BCUT2D eigenvalue weighted by Crippen LogP contribution is -2.22. The zero-order valence-corrected chi connectivity index (χ0v) is 12.3. The number of halogens is 1. The van der Waals surface area contributed by atoms with E-state index in [1.807, 2.05) is 12.1 Å². The van der Waals surface area contributed by atoms with Gasteiger partial charge in [0.05, 0.1) is 6.54 Å². The van der Waals surface area contributed by atoms with Gasteiger partial charge in [0.1, 0.15) is 5.82 Å². The lowest BCUT2D eigenvalue weighted by atomic mass is 10.0. The number of nitrogens with one attached hydrogen (secondary N) is 1. The molecule has 0 aliphatic rings. The fourth-order valence-electron chi connectivity index (χ4n) is 1.93. The molecule has 110 valence electrons. The molecule has 0 saturated heterocycles. The summed E-state index contributed by atoms with van der Waals surface area (Å²) in [7, 11) is 0. The second-order valence-corrected chi connectivity index (χ2v) is 5.23. The van der Waals surface area contributed by atoms with Crippen LogP contribution in [-0.4, -0.2) is 5.96 Å². The van der Waals surface area contributed by atoms with Crippen LogP contribution >= 0.6 is 0 Å². The summed E-state index contributed by atoms with van der Waals surface area (Å²) in [5.41, 5.74) is 8.95. The Hall–Kier alpha value is -2.36. The molecule has 0 bridgehead atoms. The van der Waals surface area contributed by atoms with Crippen LogP contribution in [0.15, 0.2) is 53.5 Å². The highest BCUT2D eigenvalue weighted by atomic mass is 19.1. The van der Waals surface area contributed by atoms with Gasteiger partial charge in [-0.1, -0.05) is 38.1 Å². The standard InChI is InChI=1S/C17H20FN3/c1-12(2)14-4-3-5-16(10-14)21-17(19)20-11-13-6-8-15(18)9-7-13/h3-10,12H,11H2,1-2H3,(H3,19,20,21). The van der Waals surface area contributed by atoms with Crippen LogP contribution in [0.3, 0.4) is 0 Å². The molecule has 3 N–H and O–H groups in total. The maximum absolute atomic E-state index is 12.8. The summed E-state index contributed by atoms with van der Waals surface area (Å²) < 4.78 is 12.8. The lowest BCUT2D eigenvalue weighted by molar-refractivity contribution is 0.627. The van der Waals surface area contributed by atoms with Crippen LogP contribution < -0.4 is 11.1 Å². The molecule has 0 aromatic heterocycles. The third-order valence-electron chi connectivity index (χ3n) is 3.17. The van der Waals surface area contributed by atoms with Crippen LogP contribution in [0.5, 0.6) is 0 Å². The van der Waals surface area contributed by atoms with E-state index in [0.717, 1.165) is 11.3 Å². The van der Waals surface area contributed by atoms with Crippen molar-refractivity contribution in [2.24, 2.45) is 10.7 Å². The van der Waals surface area contributed by atoms with Crippen LogP contribution in [0, 0.1) is 5.82 Å². The van der Waals surface area contributed by atoms with Gasteiger partial charge in [0.25, 0.3) is 0 Å². The highest BCUT2D eigenvalue weighted by Crippen LogP contribution is 2.18. The van der Waals surface area contributed by atoms with E-state index in [4.69, 9.17) is 5.73 Å². The Balaban J connectivity index is 2.00. The maximum Gasteiger partial charge on any atom is 0.193 e. The first kappa shape index (κ1) is 15.0. The number of rotatable bonds is 4. The molecule has 0 aliphatic heterocycles. The van der Waals surface area contributed by atoms with Crippen LogP contribution in [0.4, 0.5) is 10.1 Å². The van der Waals surface area contributed by atoms with Crippen LogP contribution in [0.2, 0.25) is 0 Å². The minimum atomic E-state index is -0.251. The summed E-state index contributed by atoms with van der Waals surface area (Å²) in [5.74, 6) is 0.559. The van der Waals surface area contributed by atoms with E-state index in [1.54, 1.807) is 12.1 Å². The Morgan fingerprint density at radius 2 is 1.90 bits per heavy atom. The van der Waals surface area contributed by atoms with E-state index in [1.165, 1.54) is 17.7 Å². The minimum Gasteiger partial charge on any atom is -0.370 e. The van der Waals surface area contributed by atoms with Gasteiger partial charge in [-0.05, 0) is 41.3 Å². The summed E-state index contributed by atoms with van der Waals surface area (Å²) >= 11 is 0. The van der Waals surface area contributed by atoms with Crippen molar-refractivity contribution < 1.29 is 4.39 Å². The lowest BCUT2D eigenvalue weighted by Gasteiger charge is -2.10. The molecule has 21 heavy (non-hydrogen) atoms. The smallest absolute Gasteiger partial charge is 0.193 e. The summed E-state index contributed by atoms with van der Waals surface area (Å²) in [6.07, 6.45) is 0. The van der Waals surface area contributed by atoms with Gasteiger partial charge in [-0.15, -0.1) is 0 Å². The Kier molecular flexibility index (Phi) is 4.93. The molecule has 0 atom stereocenters.